The third kappa shape index (κ3) is 2.52. The Morgan fingerprint density at radius 2 is 1.96 bits per heavy atom. The topological polar surface area (TPSA) is 64.4 Å². The Morgan fingerprint density at radius 1 is 1.17 bits per heavy atom. The van der Waals surface area contributed by atoms with Crippen LogP contribution < -0.4 is 10.1 Å². The van der Waals surface area contributed by atoms with E-state index in [1.807, 2.05) is 24.3 Å². The molecule has 0 spiro atoms. The first-order chi connectivity index (χ1) is 11.7. The number of benzene rings is 2. The van der Waals surface area contributed by atoms with Gasteiger partial charge in [-0.3, -0.25) is 4.79 Å². The van der Waals surface area contributed by atoms with Crippen LogP contribution in [-0.2, 0) is 0 Å². The van der Waals surface area contributed by atoms with Crippen molar-refractivity contribution in [3.63, 3.8) is 0 Å². The van der Waals surface area contributed by atoms with Gasteiger partial charge in [0.1, 0.15) is 18.2 Å². The molecule has 0 aliphatic carbocycles. The number of nitrogens with one attached hydrogen (secondary N) is 1. The van der Waals surface area contributed by atoms with Gasteiger partial charge in [0.25, 0.3) is 5.91 Å². The van der Waals surface area contributed by atoms with E-state index in [9.17, 15) is 9.18 Å². The highest BCUT2D eigenvalue weighted by Crippen LogP contribution is 2.32. The standard InChI is InChI=1S/C18H13FN2O3/c19-13-7-3-1-5-11(13)17-9-14(21-24-17)18(22)20-15-10-23-16-8-4-2-6-12(15)16/h1-9,15H,10H2,(H,20,22). The zero-order valence-corrected chi connectivity index (χ0v) is 12.5. The number of amides is 1. The predicted molar refractivity (Wildman–Crippen MR) is 84.0 cm³/mol. The maximum Gasteiger partial charge on any atom is 0.274 e. The summed E-state index contributed by atoms with van der Waals surface area (Å²) in [6, 6.07) is 14.9. The molecule has 2 heterocycles. The minimum atomic E-state index is -0.432. The van der Waals surface area contributed by atoms with Gasteiger partial charge in [-0.2, -0.15) is 0 Å². The van der Waals surface area contributed by atoms with Gasteiger partial charge in [0.15, 0.2) is 11.5 Å². The summed E-state index contributed by atoms with van der Waals surface area (Å²) in [6.07, 6.45) is 0. The second kappa shape index (κ2) is 5.81. The van der Waals surface area contributed by atoms with Crippen LogP contribution in [0.2, 0.25) is 0 Å². The van der Waals surface area contributed by atoms with E-state index in [1.165, 1.54) is 12.1 Å². The molecule has 1 unspecified atom stereocenters. The Labute approximate surface area is 137 Å². The molecule has 2 aromatic carbocycles. The molecule has 0 saturated carbocycles. The van der Waals surface area contributed by atoms with Gasteiger partial charge in [0.2, 0.25) is 0 Å². The summed E-state index contributed by atoms with van der Waals surface area (Å²) in [5.74, 6) is 0.140. The van der Waals surface area contributed by atoms with Crippen LogP contribution in [0.4, 0.5) is 4.39 Å². The molecule has 0 radical (unpaired) electrons. The number of halogens is 1. The molecular weight excluding hydrogens is 311 g/mol. The summed E-state index contributed by atoms with van der Waals surface area (Å²) in [6.45, 7) is 0.364. The number of hydrogen-bond acceptors (Lipinski definition) is 4. The largest absolute Gasteiger partial charge is 0.491 e. The Hall–Kier alpha value is -3.15. The summed E-state index contributed by atoms with van der Waals surface area (Å²) in [5.41, 5.74) is 1.28. The number of nitrogens with zero attached hydrogens (tertiary/aromatic N) is 1. The SMILES string of the molecule is O=C(NC1COc2ccccc21)c1cc(-c2ccccc2F)on1. The molecule has 1 aromatic heterocycles. The third-order valence-corrected chi connectivity index (χ3v) is 3.89. The van der Waals surface area contributed by atoms with Crippen LogP contribution in [0, 0.1) is 5.82 Å². The van der Waals surface area contributed by atoms with Gasteiger partial charge in [0, 0.05) is 11.6 Å². The minimum absolute atomic E-state index is 0.0950. The van der Waals surface area contributed by atoms with Crippen molar-refractivity contribution < 1.29 is 18.4 Å². The number of fused-ring (bicyclic) bond motifs is 1. The smallest absolute Gasteiger partial charge is 0.274 e. The normalized spacial score (nSPS) is 15.6. The first-order valence-corrected chi connectivity index (χ1v) is 7.46. The molecule has 1 N–H and O–H groups in total. The zero-order chi connectivity index (χ0) is 16.5. The summed E-state index contributed by atoms with van der Waals surface area (Å²) >= 11 is 0. The van der Waals surface area contributed by atoms with E-state index >= 15 is 0 Å². The zero-order valence-electron chi connectivity index (χ0n) is 12.5. The fourth-order valence-corrected chi connectivity index (χ4v) is 2.68. The van der Waals surface area contributed by atoms with Crippen LogP contribution in [-0.4, -0.2) is 17.7 Å². The molecule has 0 bridgehead atoms. The van der Waals surface area contributed by atoms with Gasteiger partial charge >= 0.3 is 0 Å². The highest BCUT2D eigenvalue weighted by molar-refractivity contribution is 5.93. The van der Waals surface area contributed by atoms with Crippen molar-refractivity contribution in [1.29, 1.82) is 0 Å². The molecule has 5 nitrogen and oxygen atoms in total. The summed E-state index contributed by atoms with van der Waals surface area (Å²) in [7, 11) is 0. The van der Waals surface area contributed by atoms with Crippen molar-refractivity contribution in [2.75, 3.05) is 6.61 Å². The first kappa shape index (κ1) is 14.4. The van der Waals surface area contributed by atoms with Crippen LogP contribution in [0.5, 0.6) is 5.75 Å². The lowest BCUT2D eigenvalue weighted by Crippen LogP contribution is -2.29. The molecule has 1 aliphatic rings. The Bertz CT molecular complexity index is 907. The van der Waals surface area contributed by atoms with E-state index in [0.29, 0.717) is 6.61 Å². The third-order valence-electron chi connectivity index (χ3n) is 3.89. The minimum Gasteiger partial charge on any atom is -0.491 e. The van der Waals surface area contributed by atoms with Crippen molar-refractivity contribution in [2.24, 2.45) is 0 Å². The lowest BCUT2D eigenvalue weighted by atomic mass is 10.1. The van der Waals surface area contributed by atoms with Crippen molar-refractivity contribution >= 4 is 5.91 Å². The van der Waals surface area contributed by atoms with Crippen LogP contribution >= 0.6 is 0 Å². The highest BCUT2D eigenvalue weighted by atomic mass is 19.1. The molecule has 1 aliphatic heterocycles. The fourth-order valence-electron chi connectivity index (χ4n) is 2.68. The number of hydrogen-bond donors (Lipinski definition) is 1. The molecule has 120 valence electrons. The van der Waals surface area contributed by atoms with E-state index in [0.717, 1.165) is 11.3 Å². The Morgan fingerprint density at radius 3 is 2.83 bits per heavy atom. The van der Waals surface area contributed by atoms with E-state index in [2.05, 4.69) is 10.5 Å². The van der Waals surface area contributed by atoms with Crippen LogP contribution in [0.3, 0.4) is 0 Å². The molecular formula is C18H13FN2O3. The summed E-state index contributed by atoms with van der Waals surface area (Å²) in [4.78, 5) is 12.4. The highest BCUT2D eigenvalue weighted by Gasteiger charge is 2.26. The van der Waals surface area contributed by atoms with Gasteiger partial charge in [-0.15, -0.1) is 0 Å². The van der Waals surface area contributed by atoms with Gasteiger partial charge in [0.05, 0.1) is 11.6 Å². The maximum absolute atomic E-state index is 13.8. The van der Waals surface area contributed by atoms with Crippen molar-refractivity contribution in [3.05, 3.63) is 71.7 Å². The average molecular weight is 324 g/mol. The molecule has 24 heavy (non-hydrogen) atoms. The number of rotatable bonds is 3. The quantitative estimate of drug-likeness (QED) is 0.802. The van der Waals surface area contributed by atoms with Gasteiger partial charge in [-0.05, 0) is 18.2 Å². The molecule has 1 atom stereocenters. The maximum atomic E-state index is 13.8. The van der Waals surface area contributed by atoms with Gasteiger partial charge in [-0.1, -0.05) is 35.5 Å². The summed E-state index contributed by atoms with van der Waals surface area (Å²) < 4.78 is 24.4. The number of carbonyl (C=O) groups is 1. The van der Waals surface area contributed by atoms with Crippen molar-refractivity contribution in [2.45, 2.75) is 6.04 Å². The van der Waals surface area contributed by atoms with Crippen LogP contribution in [0.1, 0.15) is 22.1 Å². The van der Waals surface area contributed by atoms with Gasteiger partial charge < -0.3 is 14.6 Å². The molecule has 0 saturated heterocycles. The van der Waals surface area contributed by atoms with E-state index in [1.54, 1.807) is 18.2 Å². The molecule has 0 fully saturated rings. The van der Waals surface area contributed by atoms with Gasteiger partial charge in [-0.25, -0.2) is 4.39 Å². The molecule has 4 rings (SSSR count). The number of ether oxygens (including phenoxy) is 1. The monoisotopic (exact) mass is 324 g/mol. The number of para-hydroxylation sites is 1. The lowest BCUT2D eigenvalue weighted by molar-refractivity contribution is 0.0921. The summed E-state index contributed by atoms with van der Waals surface area (Å²) in [5, 5.41) is 6.59. The fraction of sp³-hybridized carbons (Fsp3) is 0.111. The second-order valence-corrected chi connectivity index (χ2v) is 5.43. The number of aromatic nitrogens is 1. The predicted octanol–water partition coefficient (Wildman–Crippen LogP) is 3.34. The van der Waals surface area contributed by atoms with Crippen LogP contribution in [0.25, 0.3) is 11.3 Å². The lowest BCUT2D eigenvalue weighted by Gasteiger charge is -2.09. The van der Waals surface area contributed by atoms with E-state index in [-0.39, 0.29) is 23.1 Å². The molecule has 1 amide bonds. The average Bonchev–Trinajstić information content (AvgIpc) is 3.23. The van der Waals surface area contributed by atoms with Crippen molar-refractivity contribution in [3.8, 4) is 17.1 Å². The van der Waals surface area contributed by atoms with E-state index in [4.69, 9.17) is 9.26 Å². The van der Waals surface area contributed by atoms with Crippen LogP contribution in [0.15, 0.2) is 59.1 Å². The first-order valence-electron chi connectivity index (χ1n) is 7.46. The second-order valence-electron chi connectivity index (χ2n) is 5.43. The number of carbonyl (C=O) groups excluding carboxylic acids is 1. The van der Waals surface area contributed by atoms with E-state index < -0.39 is 11.7 Å². The van der Waals surface area contributed by atoms with Crippen molar-refractivity contribution in [1.82, 2.24) is 10.5 Å². The Kier molecular flexibility index (Phi) is 3.49. The Balaban J connectivity index is 1.53. The molecule has 3 aromatic rings. The molecule has 6 heteroatoms.